The first kappa shape index (κ1) is 12.9. The van der Waals surface area contributed by atoms with Crippen LogP contribution in [0.25, 0.3) is 0 Å². The molecule has 0 aliphatic rings. The van der Waals surface area contributed by atoms with Crippen molar-refractivity contribution < 1.29 is 17.9 Å². The maximum absolute atomic E-state index is 11.8. The number of hydrogen-bond donors (Lipinski definition) is 0. The Balaban J connectivity index is 2.58. The maximum atomic E-state index is 11.8. The Morgan fingerprint density at radius 2 is 1.82 bits per heavy atom. The van der Waals surface area contributed by atoms with E-state index in [1.165, 1.54) is 24.3 Å². The number of rotatable bonds is 2. The lowest BCUT2D eigenvalue weighted by atomic mass is 10.2. The van der Waals surface area contributed by atoms with Crippen LogP contribution in [0.15, 0.2) is 24.3 Å². The van der Waals surface area contributed by atoms with Crippen LogP contribution >= 0.6 is 0 Å². The van der Waals surface area contributed by atoms with Gasteiger partial charge in [0.2, 0.25) is 0 Å². The second-order valence-corrected chi connectivity index (χ2v) is 3.06. The van der Waals surface area contributed by atoms with Gasteiger partial charge in [-0.15, -0.1) is 0 Å². The van der Waals surface area contributed by atoms with Crippen LogP contribution in [0, 0.1) is 23.2 Å². The fourth-order valence-corrected chi connectivity index (χ4v) is 0.985. The van der Waals surface area contributed by atoms with Gasteiger partial charge in [-0.2, -0.15) is 18.4 Å². The predicted octanol–water partition coefficient (Wildman–Crippen LogP) is 2.89. The molecule has 1 aromatic carbocycles. The van der Waals surface area contributed by atoms with Gasteiger partial charge < -0.3 is 4.74 Å². The molecule has 5 heteroatoms. The van der Waals surface area contributed by atoms with Crippen LogP contribution in [-0.4, -0.2) is 12.8 Å². The molecule has 0 fully saturated rings. The minimum absolute atomic E-state index is 0.117. The average Bonchev–Trinajstić information content (AvgIpc) is 2.27. The van der Waals surface area contributed by atoms with E-state index in [0.29, 0.717) is 5.56 Å². The zero-order chi connectivity index (χ0) is 12.7. The summed E-state index contributed by atoms with van der Waals surface area (Å²) in [4.78, 5) is 0. The summed E-state index contributed by atoms with van der Waals surface area (Å²) >= 11 is 0. The van der Waals surface area contributed by atoms with E-state index in [9.17, 15) is 13.2 Å². The zero-order valence-electron chi connectivity index (χ0n) is 8.71. The van der Waals surface area contributed by atoms with Crippen molar-refractivity contribution >= 4 is 0 Å². The Labute approximate surface area is 96.6 Å². The first-order valence-electron chi connectivity index (χ1n) is 4.67. The van der Waals surface area contributed by atoms with Gasteiger partial charge in [0.25, 0.3) is 0 Å². The molecule has 0 aliphatic heterocycles. The van der Waals surface area contributed by atoms with Gasteiger partial charge in [-0.25, -0.2) is 0 Å². The molecule has 2 nitrogen and oxygen atoms in total. The van der Waals surface area contributed by atoms with Gasteiger partial charge >= 0.3 is 6.18 Å². The Morgan fingerprint density at radius 3 is 2.35 bits per heavy atom. The number of hydrogen-bond acceptors (Lipinski definition) is 2. The van der Waals surface area contributed by atoms with E-state index < -0.39 is 12.8 Å². The van der Waals surface area contributed by atoms with Crippen LogP contribution in [0.4, 0.5) is 13.2 Å². The highest BCUT2D eigenvalue weighted by atomic mass is 19.4. The molecule has 1 rings (SSSR count). The minimum Gasteiger partial charge on any atom is -0.484 e. The van der Waals surface area contributed by atoms with Crippen molar-refractivity contribution in [2.75, 3.05) is 6.61 Å². The molecule has 0 bridgehead atoms. The molecule has 0 radical (unpaired) electrons. The maximum Gasteiger partial charge on any atom is 0.422 e. The molecule has 0 saturated carbocycles. The van der Waals surface area contributed by atoms with Crippen LogP contribution in [0.5, 0.6) is 5.75 Å². The predicted molar refractivity (Wildman–Crippen MR) is 55.1 cm³/mol. The number of alkyl halides is 3. The quantitative estimate of drug-likeness (QED) is 0.743. The lowest BCUT2D eigenvalue weighted by molar-refractivity contribution is -0.153. The van der Waals surface area contributed by atoms with Crippen molar-refractivity contribution in [3.05, 3.63) is 29.8 Å². The normalized spacial score (nSPS) is 10.0. The molecular formula is C12H8F3NO. The average molecular weight is 239 g/mol. The van der Waals surface area contributed by atoms with Crippen molar-refractivity contribution in [1.29, 1.82) is 5.26 Å². The van der Waals surface area contributed by atoms with Crippen molar-refractivity contribution in [1.82, 2.24) is 0 Å². The SMILES string of the molecule is N#CCC#Cc1ccc(OCC(F)(F)F)cc1. The fourth-order valence-electron chi connectivity index (χ4n) is 0.985. The second-order valence-electron chi connectivity index (χ2n) is 3.06. The van der Waals surface area contributed by atoms with Crippen molar-refractivity contribution in [3.8, 4) is 23.7 Å². The molecule has 88 valence electrons. The van der Waals surface area contributed by atoms with E-state index in [4.69, 9.17) is 5.26 Å². The molecule has 0 saturated heterocycles. The molecule has 0 amide bonds. The van der Waals surface area contributed by atoms with E-state index in [-0.39, 0.29) is 12.2 Å². The lowest BCUT2D eigenvalue weighted by Crippen LogP contribution is -2.19. The number of ether oxygens (including phenoxy) is 1. The van der Waals surface area contributed by atoms with Crippen molar-refractivity contribution in [3.63, 3.8) is 0 Å². The highest BCUT2D eigenvalue weighted by molar-refractivity contribution is 5.38. The summed E-state index contributed by atoms with van der Waals surface area (Å²) in [7, 11) is 0. The number of benzene rings is 1. The van der Waals surface area contributed by atoms with E-state index in [2.05, 4.69) is 16.6 Å². The van der Waals surface area contributed by atoms with Crippen LogP contribution in [-0.2, 0) is 0 Å². The third kappa shape index (κ3) is 5.48. The minimum atomic E-state index is -4.34. The molecule has 0 aromatic heterocycles. The molecule has 0 N–H and O–H groups in total. The highest BCUT2D eigenvalue weighted by Crippen LogP contribution is 2.18. The van der Waals surface area contributed by atoms with E-state index >= 15 is 0 Å². The fraction of sp³-hybridized carbons (Fsp3) is 0.250. The van der Waals surface area contributed by atoms with Crippen LogP contribution < -0.4 is 4.74 Å². The van der Waals surface area contributed by atoms with E-state index in [1.807, 2.05) is 6.07 Å². The lowest BCUT2D eigenvalue weighted by Gasteiger charge is -2.08. The summed E-state index contributed by atoms with van der Waals surface area (Å²) in [5, 5.41) is 8.26. The Morgan fingerprint density at radius 1 is 1.18 bits per heavy atom. The third-order valence-corrected chi connectivity index (χ3v) is 1.66. The second kappa shape index (κ2) is 5.81. The summed E-state index contributed by atoms with van der Waals surface area (Å²) in [5.74, 6) is 5.42. The number of nitrogens with zero attached hydrogens (tertiary/aromatic N) is 1. The molecule has 1 aromatic rings. The Bertz CT molecular complexity index is 460. The summed E-state index contributed by atoms with van der Waals surface area (Å²) in [6.45, 7) is -1.31. The third-order valence-electron chi connectivity index (χ3n) is 1.66. The summed E-state index contributed by atoms with van der Waals surface area (Å²) < 4.78 is 40.1. The van der Waals surface area contributed by atoms with Gasteiger partial charge in [0.15, 0.2) is 6.61 Å². The van der Waals surface area contributed by atoms with Crippen LogP contribution in [0.2, 0.25) is 0 Å². The number of nitriles is 1. The van der Waals surface area contributed by atoms with Gasteiger partial charge in [0.1, 0.15) is 5.75 Å². The first-order valence-corrected chi connectivity index (χ1v) is 4.67. The molecular weight excluding hydrogens is 231 g/mol. The van der Waals surface area contributed by atoms with E-state index in [1.54, 1.807) is 0 Å². The van der Waals surface area contributed by atoms with Crippen molar-refractivity contribution in [2.24, 2.45) is 0 Å². The first-order chi connectivity index (χ1) is 8.01. The smallest absolute Gasteiger partial charge is 0.422 e. The molecule has 0 unspecified atom stereocenters. The largest absolute Gasteiger partial charge is 0.484 e. The monoisotopic (exact) mass is 239 g/mol. The van der Waals surface area contributed by atoms with Gasteiger partial charge in [-0.1, -0.05) is 11.8 Å². The zero-order valence-corrected chi connectivity index (χ0v) is 8.71. The molecule has 0 spiro atoms. The van der Waals surface area contributed by atoms with Gasteiger partial charge in [-0.05, 0) is 24.3 Å². The Hall–Kier alpha value is -2.14. The van der Waals surface area contributed by atoms with Crippen LogP contribution in [0.1, 0.15) is 12.0 Å². The summed E-state index contributed by atoms with van der Waals surface area (Å²) in [6, 6.07) is 7.75. The summed E-state index contributed by atoms with van der Waals surface area (Å²) in [5.41, 5.74) is 0.625. The molecule has 0 heterocycles. The van der Waals surface area contributed by atoms with Crippen LogP contribution in [0.3, 0.4) is 0 Å². The highest BCUT2D eigenvalue weighted by Gasteiger charge is 2.28. The molecule has 0 aliphatic carbocycles. The topological polar surface area (TPSA) is 33.0 Å². The van der Waals surface area contributed by atoms with E-state index in [0.717, 1.165) is 0 Å². The standard InChI is InChI=1S/C12H8F3NO/c13-12(14,15)9-17-11-6-4-10(5-7-11)3-1-2-8-16/h4-7H,2,9H2. The van der Waals surface area contributed by atoms with Gasteiger partial charge in [0.05, 0.1) is 12.5 Å². The number of halogens is 3. The van der Waals surface area contributed by atoms with Gasteiger partial charge in [0, 0.05) is 5.56 Å². The Kier molecular flexibility index (Phi) is 4.42. The molecule has 17 heavy (non-hydrogen) atoms. The van der Waals surface area contributed by atoms with Gasteiger partial charge in [-0.3, -0.25) is 0 Å². The van der Waals surface area contributed by atoms with Crippen molar-refractivity contribution in [2.45, 2.75) is 12.6 Å². The summed E-state index contributed by atoms with van der Waals surface area (Å²) in [6.07, 6.45) is -4.22. The molecule has 0 atom stereocenters.